The largest absolute Gasteiger partial charge is 0.354 e. The van der Waals surface area contributed by atoms with Gasteiger partial charge < -0.3 is 15.6 Å². The number of anilines is 1. The first-order valence-electron chi connectivity index (χ1n) is 9.84. The van der Waals surface area contributed by atoms with Crippen LogP contribution in [0.25, 0.3) is 11.0 Å². The van der Waals surface area contributed by atoms with Crippen molar-refractivity contribution in [3.05, 3.63) is 29.2 Å². The fraction of sp³-hybridized carbons (Fsp3) is 0.421. The fourth-order valence-electron chi connectivity index (χ4n) is 3.48. The Hall–Kier alpha value is -1.92. The van der Waals surface area contributed by atoms with Crippen LogP contribution in [0.4, 0.5) is 5.82 Å². The number of aromatic amines is 1. The van der Waals surface area contributed by atoms with E-state index in [0.717, 1.165) is 40.6 Å². The molecule has 0 bridgehead atoms. The number of H-pyrrole nitrogens is 1. The Morgan fingerprint density at radius 2 is 2.13 bits per heavy atom. The van der Waals surface area contributed by atoms with Crippen molar-refractivity contribution in [2.75, 3.05) is 32.1 Å². The Bertz CT molecular complexity index is 1230. The standard InChI is InChI=1S/C19H24ClN7O2S2/c1-4-14-16(20)15-17(23-14)24-19(25-18(15)27-6-5-11(21)10-27)30-12-7-13(9-22-8-12)31(28,29)26(2)3/h7-9,11H,4-6,10,21H2,1-3H3,(H,23,24,25). The maximum atomic E-state index is 12.5. The van der Waals surface area contributed by atoms with Crippen molar-refractivity contribution in [2.45, 2.75) is 40.8 Å². The molecule has 1 fully saturated rings. The summed E-state index contributed by atoms with van der Waals surface area (Å²) in [7, 11) is -0.617. The number of hydrogen-bond acceptors (Lipinski definition) is 8. The van der Waals surface area contributed by atoms with Crippen molar-refractivity contribution in [3.63, 3.8) is 0 Å². The molecule has 0 aromatic carbocycles. The van der Waals surface area contributed by atoms with Crippen LogP contribution in [-0.4, -0.2) is 65.9 Å². The molecule has 1 atom stereocenters. The minimum atomic E-state index is -3.59. The Labute approximate surface area is 190 Å². The van der Waals surface area contributed by atoms with Crippen molar-refractivity contribution in [1.82, 2.24) is 24.2 Å². The Morgan fingerprint density at radius 1 is 1.35 bits per heavy atom. The zero-order valence-corrected chi connectivity index (χ0v) is 19.9. The lowest BCUT2D eigenvalue weighted by molar-refractivity contribution is 0.520. The smallest absolute Gasteiger partial charge is 0.244 e. The van der Waals surface area contributed by atoms with Gasteiger partial charge in [0.1, 0.15) is 16.4 Å². The summed E-state index contributed by atoms with van der Waals surface area (Å²) in [6, 6.07) is 1.66. The van der Waals surface area contributed by atoms with Gasteiger partial charge in [0.2, 0.25) is 10.0 Å². The van der Waals surface area contributed by atoms with Crippen LogP contribution in [0.2, 0.25) is 5.02 Å². The minimum Gasteiger partial charge on any atom is -0.354 e. The van der Waals surface area contributed by atoms with E-state index in [1.165, 1.54) is 32.1 Å². The fourth-order valence-corrected chi connectivity index (χ4v) is 5.58. The molecule has 1 saturated heterocycles. The highest BCUT2D eigenvalue weighted by Crippen LogP contribution is 2.37. The van der Waals surface area contributed by atoms with Gasteiger partial charge in [0, 0.05) is 56.2 Å². The predicted molar refractivity (Wildman–Crippen MR) is 122 cm³/mol. The number of hydrogen-bond donors (Lipinski definition) is 2. The van der Waals surface area contributed by atoms with Gasteiger partial charge in [-0.3, -0.25) is 4.98 Å². The SMILES string of the molecule is CCc1[nH]c2nc(Sc3cncc(S(=O)(=O)N(C)C)c3)nc(N3CCC(N)C3)c2c1Cl. The molecule has 3 N–H and O–H groups in total. The molecule has 0 amide bonds. The van der Waals surface area contributed by atoms with Crippen molar-refractivity contribution >= 4 is 50.2 Å². The summed E-state index contributed by atoms with van der Waals surface area (Å²) < 4.78 is 26.1. The van der Waals surface area contributed by atoms with Crippen LogP contribution < -0.4 is 10.6 Å². The van der Waals surface area contributed by atoms with Crippen LogP contribution in [0, 0.1) is 0 Å². The first-order valence-corrected chi connectivity index (χ1v) is 12.5. The van der Waals surface area contributed by atoms with E-state index in [-0.39, 0.29) is 10.9 Å². The van der Waals surface area contributed by atoms with E-state index in [2.05, 4.69) is 19.9 Å². The minimum absolute atomic E-state index is 0.0848. The predicted octanol–water partition coefficient (Wildman–Crippen LogP) is 2.51. The summed E-state index contributed by atoms with van der Waals surface area (Å²) in [5, 5.41) is 1.90. The third kappa shape index (κ3) is 4.24. The Morgan fingerprint density at radius 3 is 2.77 bits per heavy atom. The second-order valence-corrected chi connectivity index (χ2v) is 11.1. The molecular weight excluding hydrogens is 458 g/mol. The molecular formula is C19H24ClN7O2S2. The number of fused-ring (bicyclic) bond motifs is 1. The molecule has 0 radical (unpaired) electrons. The van der Waals surface area contributed by atoms with E-state index in [0.29, 0.717) is 27.3 Å². The van der Waals surface area contributed by atoms with E-state index >= 15 is 0 Å². The van der Waals surface area contributed by atoms with Gasteiger partial charge in [-0.25, -0.2) is 22.7 Å². The average Bonchev–Trinajstić information content (AvgIpc) is 3.30. The van der Waals surface area contributed by atoms with E-state index in [9.17, 15) is 8.42 Å². The number of nitrogens with two attached hydrogens (primary N) is 1. The highest BCUT2D eigenvalue weighted by Gasteiger charge is 2.26. The van der Waals surface area contributed by atoms with Crippen LogP contribution >= 0.6 is 23.4 Å². The maximum absolute atomic E-state index is 12.5. The third-order valence-corrected chi connectivity index (χ3v) is 8.20. The van der Waals surface area contributed by atoms with Gasteiger partial charge in [-0.05, 0) is 30.7 Å². The van der Waals surface area contributed by atoms with Crippen LogP contribution in [0.15, 0.2) is 33.4 Å². The normalized spacial score (nSPS) is 17.2. The van der Waals surface area contributed by atoms with E-state index in [4.69, 9.17) is 22.3 Å². The molecule has 1 aliphatic heterocycles. The van der Waals surface area contributed by atoms with Gasteiger partial charge in [0.25, 0.3) is 0 Å². The molecule has 4 rings (SSSR count). The summed E-state index contributed by atoms with van der Waals surface area (Å²) in [6.07, 6.45) is 4.55. The Balaban J connectivity index is 1.77. The lowest BCUT2D eigenvalue weighted by Crippen LogP contribution is -2.27. The van der Waals surface area contributed by atoms with Crippen LogP contribution in [0.3, 0.4) is 0 Å². The van der Waals surface area contributed by atoms with Crippen LogP contribution in [-0.2, 0) is 16.4 Å². The average molecular weight is 482 g/mol. The molecule has 0 aliphatic carbocycles. The maximum Gasteiger partial charge on any atom is 0.244 e. The lowest BCUT2D eigenvalue weighted by atomic mass is 10.3. The quantitative estimate of drug-likeness (QED) is 0.515. The number of nitrogens with one attached hydrogen (secondary N) is 1. The van der Waals surface area contributed by atoms with Gasteiger partial charge in [-0.15, -0.1) is 0 Å². The van der Waals surface area contributed by atoms with Gasteiger partial charge in [0.05, 0.1) is 10.4 Å². The molecule has 9 nitrogen and oxygen atoms in total. The monoisotopic (exact) mass is 481 g/mol. The summed E-state index contributed by atoms with van der Waals surface area (Å²) in [6.45, 7) is 3.50. The molecule has 3 aromatic heterocycles. The molecule has 3 aromatic rings. The highest BCUT2D eigenvalue weighted by atomic mass is 35.5. The topological polar surface area (TPSA) is 121 Å². The second kappa shape index (κ2) is 8.55. The number of rotatable bonds is 6. The Kier molecular flexibility index (Phi) is 6.14. The lowest BCUT2D eigenvalue weighted by Gasteiger charge is -2.18. The van der Waals surface area contributed by atoms with Crippen LogP contribution in [0.1, 0.15) is 19.0 Å². The van der Waals surface area contributed by atoms with Crippen molar-refractivity contribution in [3.8, 4) is 0 Å². The zero-order chi connectivity index (χ0) is 22.3. The molecule has 0 spiro atoms. The number of pyridine rings is 1. The van der Waals surface area contributed by atoms with Crippen molar-refractivity contribution in [2.24, 2.45) is 5.73 Å². The van der Waals surface area contributed by atoms with Crippen molar-refractivity contribution < 1.29 is 8.42 Å². The third-order valence-electron chi connectivity index (χ3n) is 5.18. The second-order valence-electron chi connectivity index (χ2n) is 7.57. The summed E-state index contributed by atoms with van der Waals surface area (Å²) in [4.78, 5) is 19.7. The first-order chi connectivity index (χ1) is 14.7. The van der Waals surface area contributed by atoms with Gasteiger partial charge in [0.15, 0.2) is 5.16 Å². The first kappa shape index (κ1) is 22.3. The van der Waals surface area contributed by atoms with E-state index in [1.807, 2.05) is 6.92 Å². The van der Waals surface area contributed by atoms with E-state index in [1.54, 1.807) is 12.3 Å². The molecule has 1 unspecified atom stereocenters. The summed E-state index contributed by atoms with van der Waals surface area (Å²) >= 11 is 7.89. The number of aromatic nitrogens is 4. The molecule has 166 valence electrons. The van der Waals surface area contributed by atoms with Gasteiger partial charge in [-0.1, -0.05) is 18.5 Å². The van der Waals surface area contributed by atoms with Gasteiger partial charge >= 0.3 is 0 Å². The zero-order valence-electron chi connectivity index (χ0n) is 17.5. The number of nitrogens with zero attached hydrogens (tertiary/aromatic N) is 5. The number of aryl methyl sites for hydroxylation is 1. The molecule has 12 heteroatoms. The highest BCUT2D eigenvalue weighted by molar-refractivity contribution is 7.99. The molecule has 4 heterocycles. The summed E-state index contributed by atoms with van der Waals surface area (Å²) in [5.74, 6) is 0.742. The molecule has 31 heavy (non-hydrogen) atoms. The number of sulfonamides is 1. The molecule has 0 saturated carbocycles. The van der Waals surface area contributed by atoms with Crippen LogP contribution in [0.5, 0.6) is 0 Å². The number of halogens is 1. The summed E-state index contributed by atoms with van der Waals surface area (Å²) in [5.41, 5.74) is 7.67. The van der Waals surface area contributed by atoms with Crippen molar-refractivity contribution in [1.29, 1.82) is 0 Å². The van der Waals surface area contributed by atoms with Gasteiger partial charge in [-0.2, -0.15) is 0 Å². The molecule has 1 aliphatic rings. The van der Waals surface area contributed by atoms with E-state index < -0.39 is 10.0 Å².